The second kappa shape index (κ2) is 2.97. The van der Waals surface area contributed by atoms with Crippen LogP contribution in [0.1, 0.15) is 23.2 Å². The first-order valence-electron chi connectivity index (χ1n) is 3.68. The molecule has 0 unspecified atom stereocenters. The van der Waals surface area contributed by atoms with E-state index in [4.69, 9.17) is 4.52 Å². The predicted octanol–water partition coefficient (Wildman–Crippen LogP) is 1.25. The van der Waals surface area contributed by atoms with Crippen LogP contribution in [0.25, 0.3) is 0 Å². The van der Waals surface area contributed by atoms with E-state index >= 15 is 0 Å². The number of carbonyl (C=O) groups excluding carboxylic acids is 1. The zero-order valence-corrected chi connectivity index (χ0v) is 7.71. The molecule has 0 bridgehead atoms. The predicted molar refractivity (Wildman–Crippen MR) is 45.6 cm³/mol. The third-order valence-electron chi connectivity index (χ3n) is 1.61. The molecule has 0 atom stereocenters. The van der Waals surface area contributed by atoms with Crippen molar-refractivity contribution in [1.82, 2.24) is 5.16 Å². The SMILES string of the molecule is CC(=O)c1noc(C)c1N(C)C. The number of nitrogens with zero attached hydrogens (tertiary/aromatic N) is 2. The maximum Gasteiger partial charge on any atom is 0.183 e. The Bertz CT molecular complexity index is 302. The van der Waals surface area contributed by atoms with Crippen LogP contribution in [0, 0.1) is 6.92 Å². The average Bonchev–Trinajstić information content (AvgIpc) is 2.30. The van der Waals surface area contributed by atoms with Gasteiger partial charge in [-0.15, -0.1) is 0 Å². The lowest BCUT2D eigenvalue weighted by molar-refractivity contribution is 0.100. The molecule has 0 aromatic carbocycles. The van der Waals surface area contributed by atoms with Crippen molar-refractivity contribution < 1.29 is 9.32 Å². The molecule has 0 aliphatic heterocycles. The molecule has 0 saturated heterocycles. The molecule has 0 fully saturated rings. The Morgan fingerprint density at radius 2 is 2.08 bits per heavy atom. The quantitative estimate of drug-likeness (QED) is 0.623. The lowest BCUT2D eigenvalue weighted by Gasteiger charge is -2.10. The second-order valence-electron chi connectivity index (χ2n) is 2.89. The minimum atomic E-state index is -0.0736. The number of hydrogen-bond acceptors (Lipinski definition) is 4. The third-order valence-corrected chi connectivity index (χ3v) is 1.61. The highest BCUT2D eigenvalue weighted by Gasteiger charge is 2.17. The molecule has 66 valence electrons. The molecule has 4 heteroatoms. The molecule has 0 radical (unpaired) electrons. The minimum absolute atomic E-state index is 0.0736. The molecule has 1 heterocycles. The number of rotatable bonds is 2. The standard InChI is InChI=1S/C8H12N2O2/c1-5(11)7-8(10(3)4)6(2)12-9-7/h1-4H3. The summed E-state index contributed by atoms with van der Waals surface area (Å²) in [6, 6.07) is 0. The summed E-state index contributed by atoms with van der Waals surface area (Å²) in [5, 5.41) is 3.67. The Labute approximate surface area is 71.1 Å². The van der Waals surface area contributed by atoms with E-state index in [0.717, 1.165) is 5.69 Å². The summed E-state index contributed by atoms with van der Waals surface area (Å²) in [6.45, 7) is 3.26. The number of hydrogen-bond donors (Lipinski definition) is 0. The molecule has 0 aliphatic rings. The van der Waals surface area contributed by atoms with Gasteiger partial charge in [-0.05, 0) is 6.92 Å². The van der Waals surface area contributed by atoms with E-state index in [0.29, 0.717) is 11.5 Å². The lowest BCUT2D eigenvalue weighted by atomic mass is 10.2. The average molecular weight is 168 g/mol. The maximum atomic E-state index is 11.0. The number of aromatic nitrogens is 1. The van der Waals surface area contributed by atoms with E-state index in [1.165, 1.54) is 6.92 Å². The molecule has 0 saturated carbocycles. The van der Waals surface area contributed by atoms with E-state index in [1.807, 2.05) is 19.0 Å². The Morgan fingerprint density at radius 3 is 2.42 bits per heavy atom. The Kier molecular flexibility index (Phi) is 2.17. The van der Waals surface area contributed by atoms with Gasteiger partial charge in [-0.25, -0.2) is 0 Å². The lowest BCUT2D eigenvalue weighted by Crippen LogP contribution is -2.12. The fourth-order valence-corrected chi connectivity index (χ4v) is 1.13. The van der Waals surface area contributed by atoms with Crippen molar-refractivity contribution >= 4 is 11.5 Å². The summed E-state index contributed by atoms with van der Waals surface area (Å²) in [6.07, 6.45) is 0. The van der Waals surface area contributed by atoms with Crippen LogP contribution in [0.5, 0.6) is 0 Å². The number of ketones is 1. The van der Waals surface area contributed by atoms with Crippen LogP contribution in [0.2, 0.25) is 0 Å². The first-order chi connectivity index (χ1) is 5.54. The molecule has 0 N–H and O–H groups in total. The molecular weight excluding hydrogens is 156 g/mol. The van der Waals surface area contributed by atoms with Crippen molar-refractivity contribution in [3.63, 3.8) is 0 Å². The van der Waals surface area contributed by atoms with E-state index in [-0.39, 0.29) is 5.78 Å². The normalized spacial score (nSPS) is 10.0. The molecule has 0 aliphatic carbocycles. The number of carbonyl (C=O) groups is 1. The van der Waals surface area contributed by atoms with Gasteiger partial charge in [-0.3, -0.25) is 4.79 Å². The number of anilines is 1. The van der Waals surface area contributed by atoms with E-state index in [2.05, 4.69) is 5.16 Å². The summed E-state index contributed by atoms with van der Waals surface area (Å²) in [5.74, 6) is 0.598. The van der Waals surface area contributed by atoms with Gasteiger partial charge < -0.3 is 9.42 Å². The van der Waals surface area contributed by atoms with Gasteiger partial charge in [0, 0.05) is 21.0 Å². The van der Waals surface area contributed by atoms with Crippen LogP contribution in [-0.4, -0.2) is 25.0 Å². The second-order valence-corrected chi connectivity index (χ2v) is 2.89. The van der Waals surface area contributed by atoms with Gasteiger partial charge >= 0.3 is 0 Å². The summed E-state index contributed by atoms with van der Waals surface area (Å²) in [4.78, 5) is 12.9. The van der Waals surface area contributed by atoms with Crippen LogP contribution in [0.3, 0.4) is 0 Å². The highest BCUT2D eigenvalue weighted by Crippen LogP contribution is 2.22. The molecule has 1 aromatic heterocycles. The van der Waals surface area contributed by atoms with Crippen molar-refractivity contribution in [3.8, 4) is 0 Å². The van der Waals surface area contributed by atoms with Gasteiger partial charge in [-0.1, -0.05) is 5.16 Å². The van der Waals surface area contributed by atoms with Crippen molar-refractivity contribution in [1.29, 1.82) is 0 Å². The van der Waals surface area contributed by atoms with Crippen molar-refractivity contribution in [2.75, 3.05) is 19.0 Å². The third kappa shape index (κ3) is 1.32. The van der Waals surface area contributed by atoms with Crippen molar-refractivity contribution in [2.45, 2.75) is 13.8 Å². The van der Waals surface area contributed by atoms with Crippen LogP contribution in [-0.2, 0) is 0 Å². The summed E-state index contributed by atoms with van der Waals surface area (Å²) in [5.41, 5.74) is 1.17. The van der Waals surface area contributed by atoms with Gasteiger partial charge in [-0.2, -0.15) is 0 Å². The molecule has 0 spiro atoms. The zero-order valence-electron chi connectivity index (χ0n) is 7.71. The largest absolute Gasteiger partial charge is 0.373 e. The summed E-state index contributed by atoms with van der Waals surface area (Å²) < 4.78 is 4.91. The van der Waals surface area contributed by atoms with Crippen LogP contribution >= 0.6 is 0 Å². The van der Waals surface area contributed by atoms with Crippen LogP contribution < -0.4 is 4.90 Å². The highest BCUT2D eigenvalue weighted by atomic mass is 16.5. The molecule has 12 heavy (non-hydrogen) atoms. The molecule has 1 rings (SSSR count). The number of aryl methyl sites for hydroxylation is 1. The Balaban J connectivity index is 3.21. The fourth-order valence-electron chi connectivity index (χ4n) is 1.13. The molecular formula is C8H12N2O2. The number of Topliss-reactive ketones (excluding diaryl/α,β-unsaturated/α-hetero) is 1. The minimum Gasteiger partial charge on any atom is -0.373 e. The Hall–Kier alpha value is -1.32. The smallest absolute Gasteiger partial charge is 0.183 e. The topological polar surface area (TPSA) is 46.3 Å². The van der Waals surface area contributed by atoms with Gasteiger partial charge in [0.15, 0.2) is 17.2 Å². The van der Waals surface area contributed by atoms with Gasteiger partial charge in [0.25, 0.3) is 0 Å². The summed E-state index contributed by atoms with van der Waals surface area (Å²) >= 11 is 0. The first kappa shape index (κ1) is 8.77. The van der Waals surface area contributed by atoms with Gasteiger partial charge in [0.1, 0.15) is 5.69 Å². The highest BCUT2D eigenvalue weighted by molar-refractivity contribution is 5.97. The molecule has 0 amide bonds. The zero-order chi connectivity index (χ0) is 9.30. The monoisotopic (exact) mass is 168 g/mol. The van der Waals surface area contributed by atoms with Crippen LogP contribution in [0.4, 0.5) is 5.69 Å². The van der Waals surface area contributed by atoms with E-state index in [1.54, 1.807) is 6.92 Å². The maximum absolute atomic E-state index is 11.0. The van der Waals surface area contributed by atoms with E-state index < -0.39 is 0 Å². The van der Waals surface area contributed by atoms with Gasteiger partial charge in [0.05, 0.1) is 0 Å². The first-order valence-corrected chi connectivity index (χ1v) is 3.68. The fraction of sp³-hybridized carbons (Fsp3) is 0.500. The van der Waals surface area contributed by atoms with E-state index in [9.17, 15) is 4.79 Å². The van der Waals surface area contributed by atoms with Crippen molar-refractivity contribution in [3.05, 3.63) is 11.5 Å². The molecule has 1 aromatic rings. The Morgan fingerprint density at radius 1 is 1.50 bits per heavy atom. The van der Waals surface area contributed by atoms with Crippen molar-refractivity contribution in [2.24, 2.45) is 0 Å². The van der Waals surface area contributed by atoms with Crippen LogP contribution in [0.15, 0.2) is 4.52 Å². The van der Waals surface area contributed by atoms with Gasteiger partial charge in [0.2, 0.25) is 0 Å². The molecule has 4 nitrogen and oxygen atoms in total. The summed E-state index contributed by atoms with van der Waals surface area (Å²) in [7, 11) is 3.71.